The van der Waals surface area contributed by atoms with Gasteiger partial charge in [0.25, 0.3) is 0 Å². The molecule has 0 rings (SSSR count). The van der Waals surface area contributed by atoms with Gasteiger partial charge in [-0.15, -0.1) is 0 Å². The zero-order valence-electron chi connectivity index (χ0n) is 6.16. The highest BCUT2D eigenvalue weighted by Crippen LogP contribution is 2.04. The topological polar surface area (TPSA) is 49.3 Å². The van der Waals surface area contributed by atoms with Crippen molar-refractivity contribution in [2.24, 2.45) is 5.92 Å². The maximum Gasteiger partial charge on any atom is 0.321 e. The first-order valence-corrected chi connectivity index (χ1v) is 3.65. The zero-order valence-corrected chi connectivity index (χ0v) is 7.06. The Labute approximate surface area is 66.4 Å². The van der Waals surface area contributed by atoms with Crippen molar-refractivity contribution in [3.05, 3.63) is 0 Å². The first-order chi connectivity index (χ1) is 4.57. The van der Waals surface area contributed by atoms with E-state index < -0.39 is 12.0 Å². The van der Waals surface area contributed by atoms with Gasteiger partial charge in [0, 0.05) is 0 Å². The van der Waals surface area contributed by atoms with Crippen molar-refractivity contribution >= 4 is 18.8 Å². The Kier molecular flexibility index (Phi) is 4.47. The van der Waals surface area contributed by atoms with E-state index in [0.29, 0.717) is 12.3 Å². The second kappa shape index (κ2) is 4.57. The van der Waals surface area contributed by atoms with Crippen molar-refractivity contribution in [3.63, 3.8) is 0 Å². The Balaban J connectivity index is 3.72. The standard InChI is InChI=1S/C6H13NO2S/c1-4(2)3-5(7-10)6(8)9/h4-5,7,10H,3H2,1-2H3,(H,8,9)/t5-/m0/s1. The van der Waals surface area contributed by atoms with Crippen LogP contribution in [0.2, 0.25) is 0 Å². The molecule has 1 atom stereocenters. The number of carbonyl (C=O) groups is 1. The Morgan fingerprint density at radius 3 is 2.30 bits per heavy atom. The summed E-state index contributed by atoms with van der Waals surface area (Å²) >= 11 is 3.70. The smallest absolute Gasteiger partial charge is 0.321 e. The molecule has 0 saturated heterocycles. The van der Waals surface area contributed by atoms with Crippen molar-refractivity contribution in [3.8, 4) is 0 Å². The number of carboxylic acid groups (broad SMARTS) is 1. The average molecular weight is 163 g/mol. The molecule has 0 aromatic heterocycles. The monoisotopic (exact) mass is 163 g/mol. The number of carboxylic acids is 1. The van der Waals surface area contributed by atoms with Crippen LogP contribution < -0.4 is 4.72 Å². The van der Waals surface area contributed by atoms with E-state index in [4.69, 9.17) is 5.11 Å². The second-order valence-electron chi connectivity index (χ2n) is 2.65. The van der Waals surface area contributed by atoms with Gasteiger partial charge < -0.3 is 5.11 Å². The highest BCUT2D eigenvalue weighted by molar-refractivity contribution is 7.78. The number of hydrogen-bond acceptors (Lipinski definition) is 3. The molecule has 0 aliphatic carbocycles. The quantitative estimate of drug-likeness (QED) is 0.540. The third-order valence-electron chi connectivity index (χ3n) is 1.16. The van der Waals surface area contributed by atoms with E-state index in [0.717, 1.165) is 0 Å². The van der Waals surface area contributed by atoms with Gasteiger partial charge in [0.15, 0.2) is 0 Å². The van der Waals surface area contributed by atoms with Gasteiger partial charge >= 0.3 is 5.97 Å². The van der Waals surface area contributed by atoms with Crippen molar-refractivity contribution in [1.82, 2.24) is 4.72 Å². The molecule has 2 N–H and O–H groups in total. The summed E-state index contributed by atoms with van der Waals surface area (Å²) in [5.41, 5.74) is 0. The van der Waals surface area contributed by atoms with Gasteiger partial charge in [-0.2, -0.15) is 0 Å². The molecule has 0 aliphatic rings. The van der Waals surface area contributed by atoms with Crippen LogP contribution in [0.15, 0.2) is 0 Å². The number of aliphatic carboxylic acids is 1. The lowest BCUT2D eigenvalue weighted by Gasteiger charge is -2.11. The van der Waals surface area contributed by atoms with E-state index in [2.05, 4.69) is 17.5 Å². The fourth-order valence-corrected chi connectivity index (χ4v) is 0.896. The van der Waals surface area contributed by atoms with Crippen molar-refractivity contribution < 1.29 is 9.90 Å². The molecule has 0 heterocycles. The normalized spacial score (nSPS) is 13.6. The summed E-state index contributed by atoms with van der Waals surface area (Å²) in [6.07, 6.45) is 0.610. The molecular formula is C6H13NO2S. The largest absolute Gasteiger partial charge is 0.480 e. The molecule has 0 spiro atoms. The van der Waals surface area contributed by atoms with E-state index in [-0.39, 0.29) is 0 Å². The first kappa shape index (κ1) is 9.78. The van der Waals surface area contributed by atoms with Crippen LogP contribution in [0.3, 0.4) is 0 Å². The maximum atomic E-state index is 10.4. The Bertz CT molecular complexity index is 116. The summed E-state index contributed by atoms with van der Waals surface area (Å²) in [6.45, 7) is 3.95. The number of thiol groups is 1. The van der Waals surface area contributed by atoms with Gasteiger partial charge in [-0.25, -0.2) is 0 Å². The fraction of sp³-hybridized carbons (Fsp3) is 0.833. The summed E-state index contributed by atoms with van der Waals surface area (Å²) in [6, 6.07) is -0.525. The van der Waals surface area contributed by atoms with Crippen molar-refractivity contribution in [2.45, 2.75) is 26.3 Å². The summed E-state index contributed by atoms with van der Waals surface area (Å²) < 4.78 is 2.43. The molecule has 0 bridgehead atoms. The van der Waals surface area contributed by atoms with Crippen LogP contribution in [-0.4, -0.2) is 17.1 Å². The number of hydrogen-bond donors (Lipinski definition) is 3. The van der Waals surface area contributed by atoms with Gasteiger partial charge in [-0.1, -0.05) is 26.7 Å². The molecule has 0 fully saturated rings. The Morgan fingerprint density at radius 1 is 1.70 bits per heavy atom. The van der Waals surface area contributed by atoms with Crippen LogP contribution >= 0.6 is 12.8 Å². The average Bonchev–Trinajstić information content (AvgIpc) is 1.81. The SMILES string of the molecule is CC(C)C[C@H](NS)C(=O)O. The third-order valence-corrected chi connectivity index (χ3v) is 1.47. The Hall–Kier alpha value is -0.220. The minimum Gasteiger partial charge on any atom is -0.480 e. The van der Waals surface area contributed by atoms with Crippen LogP contribution in [0.5, 0.6) is 0 Å². The Morgan fingerprint density at radius 2 is 2.20 bits per heavy atom. The van der Waals surface area contributed by atoms with Crippen LogP contribution in [0.25, 0.3) is 0 Å². The van der Waals surface area contributed by atoms with E-state index in [1.807, 2.05) is 13.8 Å². The van der Waals surface area contributed by atoms with Crippen LogP contribution in [0.1, 0.15) is 20.3 Å². The minimum atomic E-state index is -0.844. The van der Waals surface area contributed by atoms with E-state index in [1.54, 1.807) is 0 Å². The van der Waals surface area contributed by atoms with Crippen molar-refractivity contribution in [1.29, 1.82) is 0 Å². The minimum absolute atomic E-state index is 0.376. The van der Waals surface area contributed by atoms with Crippen LogP contribution in [0, 0.1) is 5.92 Å². The summed E-state index contributed by atoms with van der Waals surface area (Å²) in [5.74, 6) is -0.468. The molecular weight excluding hydrogens is 150 g/mol. The first-order valence-electron chi connectivity index (χ1n) is 3.20. The van der Waals surface area contributed by atoms with E-state index >= 15 is 0 Å². The molecule has 0 aromatic carbocycles. The lowest BCUT2D eigenvalue weighted by molar-refractivity contribution is -0.139. The summed E-state index contributed by atoms with van der Waals surface area (Å²) in [7, 11) is 0. The van der Waals surface area contributed by atoms with Gasteiger partial charge in [0.2, 0.25) is 0 Å². The summed E-state index contributed by atoms with van der Waals surface area (Å²) in [5, 5.41) is 8.51. The molecule has 4 heteroatoms. The highest BCUT2D eigenvalue weighted by atomic mass is 32.1. The lowest BCUT2D eigenvalue weighted by Crippen LogP contribution is -2.31. The predicted octanol–water partition coefficient (Wildman–Crippen LogP) is 0.920. The number of nitrogens with one attached hydrogen (secondary N) is 1. The van der Waals surface area contributed by atoms with Gasteiger partial charge in [0.1, 0.15) is 6.04 Å². The molecule has 0 saturated carbocycles. The zero-order chi connectivity index (χ0) is 8.15. The lowest BCUT2D eigenvalue weighted by atomic mass is 10.1. The molecule has 0 radical (unpaired) electrons. The highest BCUT2D eigenvalue weighted by Gasteiger charge is 2.15. The van der Waals surface area contributed by atoms with Crippen LogP contribution in [-0.2, 0) is 4.79 Å². The number of rotatable bonds is 4. The molecule has 0 unspecified atom stereocenters. The van der Waals surface area contributed by atoms with E-state index in [9.17, 15) is 4.79 Å². The third kappa shape index (κ3) is 3.74. The van der Waals surface area contributed by atoms with Crippen molar-refractivity contribution in [2.75, 3.05) is 0 Å². The van der Waals surface area contributed by atoms with Gasteiger partial charge in [0.05, 0.1) is 0 Å². The van der Waals surface area contributed by atoms with Crippen LogP contribution in [0.4, 0.5) is 0 Å². The molecule has 0 aromatic rings. The maximum absolute atomic E-state index is 10.4. The van der Waals surface area contributed by atoms with E-state index in [1.165, 1.54) is 0 Å². The predicted molar refractivity (Wildman–Crippen MR) is 43.0 cm³/mol. The molecule has 3 nitrogen and oxygen atoms in total. The second-order valence-corrected chi connectivity index (χ2v) is 2.91. The molecule has 10 heavy (non-hydrogen) atoms. The summed E-state index contributed by atoms with van der Waals surface area (Å²) in [4.78, 5) is 10.4. The fourth-order valence-electron chi connectivity index (χ4n) is 0.680. The van der Waals surface area contributed by atoms with Gasteiger partial charge in [-0.3, -0.25) is 9.52 Å². The van der Waals surface area contributed by atoms with Gasteiger partial charge in [-0.05, 0) is 12.3 Å². The molecule has 0 aliphatic heterocycles. The molecule has 0 amide bonds. The molecule has 60 valence electrons.